The number of rotatable bonds is 4. The minimum atomic E-state index is 0.178. The van der Waals surface area contributed by atoms with Gasteiger partial charge in [-0.3, -0.25) is 9.78 Å². The number of hydrogen-bond donors (Lipinski definition) is 1. The summed E-state index contributed by atoms with van der Waals surface area (Å²) in [5, 5.41) is 3.36. The highest BCUT2D eigenvalue weighted by atomic mass is 16.2. The number of fused-ring (bicyclic) bond motifs is 1. The van der Waals surface area contributed by atoms with E-state index in [9.17, 15) is 4.79 Å². The molecule has 1 amide bonds. The molecule has 0 bridgehead atoms. The van der Waals surface area contributed by atoms with E-state index in [4.69, 9.17) is 4.98 Å². The van der Waals surface area contributed by atoms with E-state index >= 15 is 0 Å². The van der Waals surface area contributed by atoms with Gasteiger partial charge in [-0.1, -0.05) is 0 Å². The average Bonchev–Trinajstić information content (AvgIpc) is 3.04. The van der Waals surface area contributed by atoms with Crippen molar-refractivity contribution in [2.45, 2.75) is 45.4 Å². The SMILES string of the molecule is CC(=O)N1CCC(c2cc(Nc3cnc(C)cn3)nc(N3CC4CCC4C3)c2)CC1. The Morgan fingerprint density at radius 3 is 2.33 bits per heavy atom. The third-order valence-corrected chi connectivity index (χ3v) is 7.09. The molecular weight excluding hydrogens is 376 g/mol. The Kier molecular flexibility index (Phi) is 5.05. The monoisotopic (exact) mass is 406 g/mol. The summed E-state index contributed by atoms with van der Waals surface area (Å²) in [5.74, 6) is 4.92. The summed E-state index contributed by atoms with van der Waals surface area (Å²) in [7, 11) is 0. The number of amides is 1. The molecule has 0 radical (unpaired) electrons. The van der Waals surface area contributed by atoms with Crippen molar-refractivity contribution in [3.63, 3.8) is 0 Å². The molecule has 0 aromatic carbocycles. The lowest BCUT2D eigenvalue weighted by molar-refractivity contribution is -0.129. The molecule has 5 rings (SSSR count). The molecular formula is C23H30N6O. The first kappa shape index (κ1) is 19.3. The maximum atomic E-state index is 11.7. The highest BCUT2D eigenvalue weighted by molar-refractivity contribution is 5.73. The third kappa shape index (κ3) is 3.85. The number of carbonyl (C=O) groups is 1. The Labute approximate surface area is 177 Å². The van der Waals surface area contributed by atoms with Crippen LogP contribution in [0.15, 0.2) is 24.5 Å². The van der Waals surface area contributed by atoms with Gasteiger partial charge < -0.3 is 15.1 Å². The quantitative estimate of drug-likeness (QED) is 0.838. The van der Waals surface area contributed by atoms with Crippen molar-refractivity contribution in [1.82, 2.24) is 19.9 Å². The van der Waals surface area contributed by atoms with Crippen molar-refractivity contribution in [3.8, 4) is 0 Å². The summed E-state index contributed by atoms with van der Waals surface area (Å²) in [6, 6.07) is 4.44. The van der Waals surface area contributed by atoms with Gasteiger partial charge in [-0.2, -0.15) is 0 Å². The van der Waals surface area contributed by atoms with Gasteiger partial charge in [0.2, 0.25) is 5.91 Å². The molecule has 2 aromatic heterocycles. The van der Waals surface area contributed by atoms with Crippen molar-refractivity contribution in [2.24, 2.45) is 11.8 Å². The summed E-state index contributed by atoms with van der Waals surface area (Å²) in [6.07, 6.45) is 8.23. The molecule has 1 N–H and O–H groups in total. The summed E-state index contributed by atoms with van der Waals surface area (Å²) >= 11 is 0. The van der Waals surface area contributed by atoms with E-state index in [1.165, 1.54) is 18.4 Å². The van der Waals surface area contributed by atoms with E-state index in [-0.39, 0.29) is 5.91 Å². The lowest BCUT2D eigenvalue weighted by Crippen LogP contribution is -2.36. The van der Waals surface area contributed by atoms with Gasteiger partial charge in [-0.05, 0) is 68.1 Å². The van der Waals surface area contributed by atoms with Gasteiger partial charge in [0.25, 0.3) is 0 Å². The summed E-state index contributed by atoms with van der Waals surface area (Å²) in [6.45, 7) is 7.50. The van der Waals surface area contributed by atoms with Crippen molar-refractivity contribution in [1.29, 1.82) is 0 Å². The Morgan fingerprint density at radius 1 is 1.00 bits per heavy atom. The van der Waals surface area contributed by atoms with Crippen LogP contribution in [0.25, 0.3) is 0 Å². The van der Waals surface area contributed by atoms with Crippen molar-refractivity contribution >= 4 is 23.4 Å². The summed E-state index contributed by atoms with van der Waals surface area (Å²) in [4.78, 5) is 29.8. The fraction of sp³-hybridized carbons (Fsp3) is 0.565. The number of anilines is 3. The second-order valence-corrected chi connectivity index (χ2v) is 9.09. The molecule has 2 aromatic rings. The highest BCUT2D eigenvalue weighted by Gasteiger charge is 2.39. The molecule has 0 spiro atoms. The zero-order valence-corrected chi connectivity index (χ0v) is 17.8. The van der Waals surface area contributed by atoms with Gasteiger partial charge >= 0.3 is 0 Å². The fourth-order valence-electron chi connectivity index (χ4n) is 5.06. The van der Waals surface area contributed by atoms with Crippen LogP contribution in [-0.2, 0) is 4.79 Å². The molecule has 2 aliphatic heterocycles. The molecule has 3 aliphatic rings. The first-order chi connectivity index (χ1) is 14.5. The van der Waals surface area contributed by atoms with E-state index in [0.717, 1.165) is 68.2 Å². The molecule has 7 nitrogen and oxygen atoms in total. The topological polar surface area (TPSA) is 74.2 Å². The molecule has 1 saturated carbocycles. The van der Waals surface area contributed by atoms with Crippen molar-refractivity contribution in [2.75, 3.05) is 36.4 Å². The maximum absolute atomic E-state index is 11.7. The molecule has 30 heavy (non-hydrogen) atoms. The molecule has 7 heteroatoms. The lowest BCUT2D eigenvalue weighted by atomic mass is 9.77. The van der Waals surface area contributed by atoms with E-state index in [1.54, 1.807) is 19.3 Å². The number of pyridine rings is 1. The fourth-order valence-corrected chi connectivity index (χ4v) is 5.06. The van der Waals surface area contributed by atoms with Crippen LogP contribution in [0, 0.1) is 18.8 Å². The number of aromatic nitrogens is 3. The molecule has 2 saturated heterocycles. The Hall–Kier alpha value is -2.70. The van der Waals surface area contributed by atoms with Crippen LogP contribution in [0.4, 0.5) is 17.5 Å². The normalized spacial score (nSPS) is 23.8. The number of likely N-dealkylation sites (tertiary alicyclic amines) is 1. The molecule has 3 fully saturated rings. The molecule has 1 aliphatic carbocycles. The van der Waals surface area contributed by atoms with Crippen LogP contribution < -0.4 is 10.2 Å². The molecule has 158 valence electrons. The third-order valence-electron chi connectivity index (χ3n) is 7.09. The van der Waals surface area contributed by atoms with Crippen LogP contribution in [0.2, 0.25) is 0 Å². The van der Waals surface area contributed by atoms with E-state index in [2.05, 4.69) is 32.3 Å². The first-order valence-corrected chi connectivity index (χ1v) is 11.1. The molecule has 4 heterocycles. The molecule has 2 atom stereocenters. The number of hydrogen-bond acceptors (Lipinski definition) is 6. The number of carbonyl (C=O) groups excluding carboxylic acids is 1. The van der Waals surface area contributed by atoms with Crippen LogP contribution in [0.5, 0.6) is 0 Å². The Bertz CT molecular complexity index is 910. The number of piperidine rings is 1. The number of nitrogens with one attached hydrogen (secondary N) is 1. The number of nitrogens with zero attached hydrogens (tertiary/aromatic N) is 5. The van der Waals surface area contributed by atoms with Crippen molar-refractivity contribution < 1.29 is 4.79 Å². The summed E-state index contributed by atoms with van der Waals surface area (Å²) in [5.41, 5.74) is 2.21. The largest absolute Gasteiger partial charge is 0.356 e. The maximum Gasteiger partial charge on any atom is 0.219 e. The Balaban J connectivity index is 1.41. The van der Waals surface area contributed by atoms with Gasteiger partial charge in [-0.15, -0.1) is 0 Å². The van der Waals surface area contributed by atoms with Crippen LogP contribution in [-0.4, -0.2) is 51.9 Å². The predicted molar refractivity (Wildman–Crippen MR) is 117 cm³/mol. The average molecular weight is 407 g/mol. The zero-order valence-electron chi connectivity index (χ0n) is 17.8. The summed E-state index contributed by atoms with van der Waals surface area (Å²) < 4.78 is 0. The highest BCUT2D eigenvalue weighted by Crippen LogP contribution is 2.42. The van der Waals surface area contributed by atoms with Gasteiger partial charge in [0, 0.05) is 33.1 Å². The van der Waals surface area contributed by atoms with Gasteiger partial charge in [0.15, 0.2) is 0 Å². The van der Waals surface area contributed by atoms with E-state index in [1.807, 2.05) is 11.8 Å². The van der Waals surface area contributed by atoms with Crippen LogP contribution >= 0.6 is 0 Å². The Morgan fingerprint density at radius 2 is 1.73 bits per heavy atom. The van der Waals surface area contributed by atoms with Gasteiger partial charge in [0.1, 0.15) is 17.5 Å². The standard InChI is InChI=1S/C23H30N6O/c1-15-11-25-22(12-24-15)26-21-9-20(17-5-7-28(8-6-17)16(2)30)10-23(27-21)29-13-18-3-4-19(18)14-29/h9-12,17-19H,3-8,13-14H2,1-2H3,(H,25,26,27). The van der Waals surface area contributed by atoms with E-state index in [0.29, 0.717) is 11.7 Å². The van der Waals surface area contributed by atoms with Gasteiger partial charge in [-0.25, -0.2) is 9.97 Å². The van der Waals surface area contributed by atoms with E-state index < -0.39 is 0 Å². The minimum absolute atomic E-state index is 0.178. The molecule has 2 unspecified atom stereocenters. The predicted octanol–water partition coefficient (Wildman–Crippen LogP) is 3.50. The van der Waals surface area contributed by atoms with Crippen LogP contribution in [0.1, 0.15) is 49.8 Å². The number of aryl methyl sites for hydroxylation is 1. The lowest BCUT2D eigenvalue weighted by Gasteiger charge is -2.32. The smallest absolute Gasteiger partial charge is 0.219 e. The second-order valence-electron chi connectivity index (χ2n) is 9.09. The first-order valence-electron chi connectivity index (χ1n) is 11.1. The van der Waals surface area contributed by atoms with Crippen LogP contribution in [0.3, 0.4) is 0 Å². The zero-order chi connectivity index (χ0) is 20.7. The van der Waals surface area contributed by atoms with Crippen molar-refractivity contribution in [3.05, 3.63) is 35.8 Å². The minimum Gasteiger partial charge on any atom is -0.356 e. The second kappa shape index (κ2) is 7.85. The van der Waals surface area contributed by atoms with Gasteiger partial charge in [0.05, 0.1) is 18.1 Å².